The number of H-pyrrole nitrogens is 1. The minimum absolute atomic E-state index is 0.135. The topological polar surface area (TPSA) is 68.4 Å². The summed E-state index contributed by atoms with van der Waals surface area (Å²) in [5.41, 5.74) is 1.81. The summed E-state index contributed by atoms with van der Waals surface area (Å²) in [6, 6.07) is 4.52. The third-order valence-electron chi connectivity index (χ3n) is 4.08. The van der Waals surface area contributed by atoms with Crippen LogP contribution in [-0.4, -0.2) is 46.8 Å². The molecule has 1 aromatic carbocycles. The van der Waals surface area contributed by atoms with E-state index in [1.165, 1.54) is 12.1 Å². The monoisotopic (exact) mass is 305 g/mol. The van der Waals surface area contributed by atoms with Crippen molar-refractivity contribution in [1.82, 2.24) is 15.2 Å². The predicted octanol–water partition coefficient (Wildman–Crippen LogP) is 2.02. The fourth-order valence-corrected chi connectivity index (χ4v) is 2.92. The second-order valence-electron chi connectivity index (χ2n) is 5.73. The minimum Gasteiger partial charge on any atom is -0.391 e. The van der Waals surface area contributed by atoms with E-state index in [1.54, 1.807) is 11.0 Å². The number of amides is 2. The van der Waals surface area contributed by atoms with Gasteiger partial charge in [-0.2, -0.15) is 0 Å². The number of nitrogens with zero attached hydrogens (tertiary/aromatic N) is 1. The van der Waals surface area contributed by atoms with Crippen LogP contribution in [0.3, 0.4) is 0 Å². The van der Waals surface area contributed by atoms with Crippen molar-refractivity contribution in [2.24, 2.45) is 0 Å². The number of urea groups is 1. The predicted molar refractivity (Wildman–Crippen MR) is 82.2 cm³/mol. The molecule has 2 heterocycles. The lowest BCUT2D eigenvalue weighted by atomic mass is 10.1. The Balaban J connectivity index is 1.54. The third kappa shape index (κ3) is 3.22. The van der Waals surface area contributed by atoms with Gasteiger partial charge >= 0.3 is 6.03 Å². The van der Waals surface area contributed by atoms with Gasteiger partial charge in [0.15, 0.2) is 0 Å². The molecule has 0 spiro atoms. The average molecular weight is 305 g/mol. The van der Waals surface area contributed by atoms with Gasteiger partial charge in [-0.15, -0.1) is 0 Å². The molecule has 3 N–H and O–H groups in total. The van der Waals surface area contributed by atoms with E-state index in [-0.39, 0.29) is 11.8 Å². The van der Waals surface area contributed by atoms with Crippen LogP contribution in [-0.2, 0) is 6.42 Å². The van der Waals surface area contributed by atoms with E-state index in [0.717, 1.165) is 29.3 Å². The fraction of sp³-hybridized carbons (Fsp3) is 0.438. The van der Waals surface area contributed by atoms with Crippen molar-refractivity contribution in [1.29, 1.82) is 0 Å². The number of likely N-dealkylation sites (tertiary alicyclic amines) is 1. The highest BCUT2D eigenvalue weighted by Crippen LogP contribution is 2.19. The molecule has 0 aliphatic carbocycles. The normalized spacial score (nSPS) is 18.6. The Morgan fingerprint density at radius 3 is 3.18 bits per heavy atom. The highest BCUT2D eigenvalue weighted by atomic mass is 19.1. The van der Waals surface area contributed by atoms with E-state index in [1.807, 2.05) is 6.20 Å². The molecule has 0 saturated carbocycles. The zero-order valence-corrected chi connectivity index (χ0v) is 12.3. The largest absolute Gasteiger partial charge is 0.391 e. The fourth-order valence-electron chi connectivity index (χ4n) is 2.92. The Labute approximate surface area is 128 Å². The maximum absolute atomic E-state index is 13.1. The SMILES string of the molecule is O=C(NCCc1c[nH]c2cc(F)ccc12)N1CCCC(O)C1. The van der Waals surface area contributed by atoms with Gasteiger partial charge in [0.25, 0.3) is 0 Å². The Bertz CT molecular complexity index is 670. The molecule has 0 bridgehead atoms. The summed E-state index contributed by atoms with van der Waals surface area (Å²) in [6.45, 7) is 1.60. The summed E-state index contributed by atoms with van der Waals surface area (Å²) >= 11 is 0. The molecule has 2 aromatic rings. The number of aromatic nitrogens is 1. The maximum atomic E-state index is 13.1. The highest BCUT2D eigenvalue weighted by molar-refractivity contribution is 5.83. The summed E-state index contributed by atoms with van der Waals surface area (Å²) < 4.78 is 13.1. The minimum atomic E-state index is -0.414. The van der Waals surface area contributed by atoms with Crippen LogP contribution in [0.5, 0.6) is 0 Å². The van der Waals surface area contributed by atoms with Gasteiger partial charge in [0.05, 0.1) is 6.10 Å². The summed E-state index contributed by atoms with van der Waals surface area (Å²) in [5.74, 6) is -0.266. The average Bonchev–Trinajstić information content (AvgIpc) is 2.89. The summed E-state index contributed by atoms with van der Waals surface area (Å²) in [4.78, 5) is 16.7. The molecule has 1 saturated heterocycles. The number of halogens is 1. The van der Waals surface area contributed by atoms with Crippen molar-refractivity contribution >= 4 is 16.9 Å². The smallest absolute Gasteiger partial charge is 0.317 e. The van der Waals surface area contributed by atoms with Crippen LogP contribution in [0.15, 0.2) is 24.4 Å². The number of rotatable bonds is 3. The molecular formula is C16H20FN3O2. The van der Waals surface area contributed by atoms with Gasteiger partial charge in [-0.25, -0.2) is 9.18 Å². The van der Waals surface area contributed by atoms with Gasteiger partial charge in [0.1, 0.15) is 5.82 Å². The molecule has 0 radical (unpaired) electrons. The van der Waals surface area contributed by atoms with Gasteiger partial charge < -0.3 is 20.3 Å². The van der Waals surface area contributed by atoms with Crippen LogP contribution in [0.25, 0.3) is 10.9 Å². The summed E-state index contributed by atoms with van der Waals surface area (Å²) in [5, 5.41) is 13.4. The van der Waals surface area contributed by atoms with E-state index in [2.05, 4.69) is 10.3 Å². The lowest BCUT2D eigenvalue weighted by Crippen LogP contribution is -2.47. The number of aliphatic hydroxyl groups excluding tert-OH is 1. The molecule has 5 nitrogen and oxygen atoms in total. The number of benzene rings is 1. The second-order valence-corrected chi connectivity index (χ2v) is 5.73. The molecule has 3 rings (SSSR count). The molecule has 1 aliphatic heterocycles. The van der Waals surface area contributed by atoms with E-state index in [0.29, 0.717) is 26.1 Å². The first-order chi connectivity index (χ1) is 10.6. The van der Waals surface area contributed by atoms with Crippen molar-refractivity contribution in [3.63, 3.8) is 0 Å². The van der Waals surface area contributed by atoms with E-state index in [9.17, 15) is 14.3 Å². The quantitative estimate of drug-likeness (QED) is 0.812. The maximum Gasteiger partial charge on any atom is 0.317 e. The number of aromatic amines is 1. The first kappa shape index (κ1) is 14.8. The van der Waals surface area contributed by atoms with Crippen LogP contribution in [0.2, 0.25) is 0 Å². The number of hydrogen-bond acceptors (Lipinski definition) is 2. The van der Waals surface area contributed by atoms with Crippen molar-refractivity contribution in [2.45, 2.75) is 25.4 Å². The number of carbonyl (C=O) groups is 1. The molecule has 1 unspecified atom stereocenters. The summed E-state index contributed by atoms with van der Waals surface area (Å²) in [6.07, 6.45) is 3.70. The standard InChI is InChI=1S/C16H20FN3O2/c17-12-3-4-14-11(9-19-15(14)8-12)5-6-18-16(22)20-7-1-2-13(21)10-20/h3-4,8-9,13,19,21H,1-2,5-7,10H2,(H,18,22). The number of β-amino-alcohol motifs (C(OH)–C–C–N with tert-alkyl or cyclic N) is 1. The molecule has 1 aromatic heterocycles. The molecule has 1 atom stereocenters. The lowest BCUT2D eigenvalue weighted by Gasteiger charge is -2.30. The van der Waals surface area contributed by atoms with E-state index < -0.39 is 6.10 Å². The van der Waals surface area contributed by atoms with Crippen LogP contribution < -0.4 is 5.32 Å². The molecule has 118 valence electrons. The zero-order chi connectivity index (χ0) is 15.5. The summed E-state index contributed by atoms with van der Waals surface area (Å²) in [7, 11) is 0. The number of fused-ring (bicyclic) bond motifs is 1. The number of carbonyl (C=O) groups excluding carboxylic acids is 1. The third-order valence-corrected chi connectivity index (χ3v) is 4.08. The number of nitrogens with one attached hydrogen (secondary N) is 2. The molecular weight excluding hydrogens is 285 g/mol. The van der Waals surface area contributed by atoms with Crippen molar-refractivity contribution in [3.8, 4) is 0 Å². The van der Waals surface area contributed by atoms with Crippen molar-refractivity contribution in [2.75, 3.05) is 19.6 Å². The number of aliphatic hydroxyl groups is 1. The van der Waals surface area contributed by atoms with Gasteiger partial charge in [-0.1, -0.05) is 0 Å². The lowest BCUT2D eigenvalue weighted by molar-refractivity contribution is 0.0843. The molecule has 22 heavy (non-hydrogen) atoms. The van der Waals surface area contributed by atoms with Crippen LogP contribution in [0, 0.1) is 5.82 Å². The Morgan fingerprint density at radius 1 is 1.50 bits per heavy atom. The molecule has 2 amide bonds. The highest BCUT2D eigenvalue weighted by Gasteiger charge is 2.21. The van der Waals surface area contributed by atoms with Gasteiger partial charge in [0.2, 0.25) is 0 Å². The molecule has 1 aliphatic rings. The van der Waals surface area contributed by atoms with Crippen LogP contribution in [0.1, 0.15) is 18.4 Å². The Hall–Kier alpha value is -2.08. The Kier molecular flexibility index (Phi) is 4.29. The first-order valence-corrected chi connectivity index (χ1v) is 7.60. The molecule has 6 heteroatoms. The van der Waals surface area contributed by atoms with Crippen LogP contribution >= 0.6 is 0 Å². The van der Waals surface area contributed by atoms with Crippen molar-refractivity contribution in [3.05, 3.63) is 35.8 Å². The van der Waals surface area contributed by atoms with Gasteiger partial charge in [0, 0.05) is 36.7 Å². The van der Waals surface area contributed by atoms with Crippen molar-refractivity contribution < 1.29 is 14.3 Å². The van der Waals surface area contributed by atoms with E-state index in [4.69, 9.17) is 0 Å². The van der Waals surface area contributed by atoms with Crippen LogP contribution in [0.4, 0.5) is 9.18 Å². The first-order valence-electron chi connectivity index (χ1n) is 7.60. The zero-order valence-electron chi connectivity index (χ0n) is 12.3. The molecule has 1 fully saturated rings. The van der Waals surface area contributed by atoms with Gasteiger partial charge in [-0.3, -0.25) is 0 Å². The Morgan fingerprint density at radius 2 is 2.36 bits per heavy atom. The second kappa shape index (κ2) is 6.36. The van der Waals surface area contributed by atoms with E-state index >= 15 is 0 Å². The number of piperidine rings is 1. The number of hydrogen-bond donors (Lipinski definition) is 3. The van der Waals surface area contributed by atoms with Gasteiger partial charge in [-0.05, 0) is 43.0 Å².